The first-order valence-corrected chi connectivity index (χ1v) is 8.20. The number of fused-ring (bicyclic) bond motifs is 2. The molecule has 2 rings (SSSR count). The molecule has 2 aliphatic rings. The van der Waals surface area contributed by atoms with Crippen molar-refractivity contribution in [3.05, 3.63) is 0 Å². The van der Waals surface area contributed by atoms with E-state index in [1.807, 2.05) is 0 Å². The SMILES string of the molecule is CC(C)C[C@H](CNC(=O)NC1CC2CCC1C2)CC(=O)O. The third-order valence-corrected chi connectivity index (χ3v) is 4.87. The maximum atomic E-state index is 12.0. The first kappa shape index (κ1) is 16.1. The van der Waals surface area contributed by atoms with E-state index >= 15 is 0 Å². The van der Waals surface area contributed by atoms with Crippen LogP contribution in [0.2, 0.25) is 0 Å². The van der Waals surface area contributed by atoms with Crippen LogP contribution in [0.1, 0.15) is 52.4 Å². The largest absolute Gasteiger partial charge is 0.481 e. The second kappa shape index (κ2) is 7.14. The summed E-state index contributed by atoms with van der Waals surface area (Å²) >= 11 is 0. The molecule has 3 N–H and O–H groups in total. The van der Waals surface area contributed by atoms with Gasteiger partial charge in [0.15, 0.2) is 0 Å². The molecule has 0 saturated heterocycles. The van der Waals surface area contributed by atoms with Gasteiger partial charge in [0, 0.05) is 19.0 Å². The molecule has 5 heteroatoms. The predicted octanol–water partition coefficient (Wildman–Crippen LogP) is 2.61. The van der Waals surface area contributed by atoms with Gasteiger partial charge in [-0.2, -0.15) is 0 Å². The van der Waals surface area contributed by atoms with Crippen molar-refractivity contribution in [2.24, 2.45) is 23.7 Å². The third kappa shape index (κ3) is 4.90. The molecule has 2 saturated carbocycles. The minimum atomic E-state index is -0.795. The molecule has 0 radical (unpaired) electrons. The minimum Gasteiger partial charge on any atom is -0.481 e. The molecular formula is C16H28N2O3. The second-order valence-electron chi connectivity index (χ2n) is 7.23. The first-order chi connectivity index (χ1) is 9.94. The molecule has 0 aromatic carbocycles. The molecule has 0 heterocycles. The Kier molecular flexibility index (Phi) is 5.48. The van der Waals surface area contributed by atoms with Crippen molar-refractivity contribution in [1.82, 2.24) is 10.6 Å². The Labute approximate surface area is 126 Å². The number of aliphatic carboxylic acids is 1. The average molecular weight is 296 g/mol. The van der Waals surface area contributed by atoms with Crippen LogP contribution in [0.25, 0.3) is 0 Å². The molecule has 120 valence electrons. The lowest BCUT2D eigenvalue weighted by atomic mass is 9.94. The van der Waals surface area contributed by atoms with Crippen LogP contribution in [0, 0.1) is 23.7 Å². The van der Waals surface area contributed by atoms with E-state index < -0.39 is 5.97 Å². The van der Waals surface area contributed by atoms with Crippen LogP contribution in [-0.4, -0.2) is 29.7 Å². The van der Waals surface area contributed by atoms with Crippen LogP contribution in [0.5, 0.6) is 0 Å². The number of nitrogens with one attached hydrogen (secondary N) is 2. The van der Waals surface area contributed by atoms with Crippen molar-refractivity contribution in [3.63, 3.8) is 0 Å². The molecule has 2 amide bonds. The summed E-state index contributed by atoms with van der Waals surface area (Å²) in [4.78, 5) is 22.9. The number of carboxylic acids is 1. The van der Waals surface area contributed by atoms with E-state index in [-0.39, 0.29) is 18.4 Å². The van der Waals surface area contributed by atoms with Crippen LogP contribution in [0.15, 0.2) is 0 Å². The smallest absolute Gasteiger partial charge is 0.315 e. The van der Waals surface area contributed by atoms with E-state index in [0.29, 0.717) is 24.4 Å². The second-order valence-corrected chi connectivity index (χ2v) is 7.23. The van der Waals surface area contributed by atoms with E-state index in [1.54, 1.807) is 0 Å². The van der Waals surface area contributed by atoms with Crippen LogP contribution in [0.3, 0.4) is 0 Å². The highest BCUT2D eigenvalue weighted by Gasteiger charge is 2.40. The van der Waals surface area contributed by atoms with Gasteiger partial charge in [0.25, 0.3) is 0 Å². The molecule has 0 aliphatic heterocycles. The molecule has 21 heavy (non-hydrogen) atoms. The lowest BCUT2D eigenvalue weighted by Crippen LogP contribution is -2.45. The maximum Gasteiger partial charge on any atom is 0.315 e. The van der Waals surface area contributed by atoms with Gasteiger partial charge in [-0.05, 0) is 49.4 Å². The zero-order valence-electron chi connectivity index (χ0n) is 13.1. The van der Waals surface area contributed by atoms with Crippen molar-refractivity contribution < 1.29 is 14.7 Å². The topological polar surface area (TPSA) is 78.4 Å². The Morgan fingerprint density at radius 1 is 1.24 bits per heavy atom. The zero-order valence-corrected chi connectivity index (χ0v) is 13.1. The predicted molar refractivity (Wildman–Crippen MR) is 81.0 cm³/mol. The molecular weight excluding hydrogens is 268 g/mol. The van der Waals surface area contributed by atoms with Gasteiger partial charge in [-0.25, -0.2) is 4.79 Å². The summed E-state index contributed by atoms with van der Waals surface area (Å²) in [6.07, 6.45) is 5.88. The highest BCUT2D eigenvalue weighted by atomic mass is 16.4. The monoisotopic (exact) mass is 296 g/mol. The van der Waals surface area contributed by atoms with Gasteiger partial charge in [-0.3, -0.25) is 4.79 Å². The highest BCUT2D eigenvalue weighted by molar-refractivity contribution is 5.74. The Morgan fingerprint density at radius 2 is 2.00 bits per heavy atom. The number of carbonyl (C=O) groups excluding carboxylic acids is 1. The first-order valence-electron chi connectivity index (χ1n) is 8.20. The average Bonchev–Trinajstić information content (AvgIpc) is 2.96. The van der Waals surface area contributed by atoms with Gasteiger partial charge in [0.1, 0.15) is 0 Å². The van der Waals surface area contributed by atoms with E-state index in [0.717, 1.165) is 18.8 Å². The number of rotatable bonds is 7. The lowest BCUT2D eigenvalue weighted by molar-refractivity contribution is -0.138. The summed E-state index contributed by atoms with van der Waals surface area (Å²) in [6, 6.07) is 0.193. The van der Waals surface area contributed by atoms with Gasteiger partial charge >= 0.3 is 12.0 Å². The normalized spacial score (nSPS) is 28.6. The molecule has 2 fully saturated rings. The van der Waals surface area contributed by atoms with E-state index in [4.69, 9.17) is 5.11 Å². The van der Waals surface area contributed by atoms with Crippen molar-refractivity contribution in [2.75, 3.05) is 6.54 Å². The molecule has 0 aromatic heterocycles. The minimum absolute atomic E-state index is 0.00767. The van der Waals surface area contributed by atoms with E-state index in [1.165, 1.54) is 19.3 Å². The van der Waals surface area contributed by atoms with Gasteiger partial charge in [0.05, 0.1) is 0 Å². The lowest BCUT2D eigenvalue weighted by Gasteiger charge is -2.24. The summed E-state index contributed by atoms with van der Waals surface area (Å²) in [5.41, 5.74) is 0. The zero-order chi connectivity index (χ0) is 15.4. The van der Waals surface area contributed by atoms with E-state index in [2.05, 4.69) is 24.5 Å². The molecule has 2 bridgehead atoms. The van der Waals surface area contributed by atoms with Crippen LogP contribution in [0.4, 0.5) is 4.79 Å². The van der Waals surface area contributed by atoms with Crippen molar-refractivity contribution in [3.8, 4) is 0 Å². The maximum absolute atomic E-state index is 12.0. The summed E-state index contributed by atoms with van der Waals surface area (Å²) in [5, 5.41) is 14.9. The van der Waals surface area contributed by atoms with Crippen molar-refractivity contribution >= 4 is 12.0 Å². The number of carboxylic acid groups (broad SMARTS) is 1. The summed E-state index contributed by atoms with van der Waals surface area (Å²) in [5.74, 6) is 1.11. The van der Waals surface area contributed by atoms with Crippen LogP contribution >= 0.6 is 0 Å². The Morgan fingerprint density at radius 3 is 2.52 bits per heavy atom. The number of hydrogen-bond donors (Lipinski definition) is 3. The summed E-state index contributed by atoms with van der Waals surface area (Å²) in [6.45, 7) is 4.59. The fourth-order valence-corrected chi connectivity index (χ4v) is 4.03. The number of amides is 2. The quantitative estimate of drug-likeness (QED) is 0.675. The number of hydrogen-bond acceptors (Lipinski definition) is 2. The molecule has 3 unspecified atom stereocenters. The standard InChI is InChI=1S/C16H28N2O3/c1-10(2)5-12(8-15(19)20)9-17-16(21)18-14-7-11-3-4-13(14)6-11/h10-14H,3-9H2,1-2H3,(H,19,20)(H2,17,18,21)/t11?,12-,13?,14?/m0/s1. The Hall–Kier alpha value is -1.26. The third-order valence-electron chi connectivity index (χ3n) is 4.87. The molecule has 0 spiro atoms. The van der Waals surface area contributed by atoms with Gasteiger partial charge in [-0.1, -0.05) is 20.3 Å². The Bertz CT molecular complexity index is 384. The fourth-order valence-electron chi connectivity index (χ4n) is 4.03. The number of carbonyl (C=O) groups is 2. The van der Waals surface area contributed by atoms with Crippen molar-refractivity contribution in [1.29, 1.82) is 0 Å². The van der Waals surface area contributed by atoms with Crippen molar-refractivity contribution in [2.45, 2.75) is 58.4 Å². The molecule has 2 aliphatic carbocycles. The molecule has 4 atom stereocenters. The van der Waals surface area contributed by atoms with Gasteiger partial charge < -0.3 is 15.7 Å². The molecule has 5 nitrogen and oxygen atoms in total. The van der Waals surface area contributed by atoms with Crippen LogP contribution in [-0.2, 0) is 4.79 Å². The fraction of sp³-hybridized carbons (Fsp3) is 0.875. The van der Waals surface area contributed by atoms with Gasteiger partial charge in [-0.15, -0.1) is 0 Å². The number of urea groups is 1. The summed E-state index contributed by atoms with van der Waals surface area (Å²) < 4.78 is 0. The van der Waals surface area contributed by atoms with Gasteiger partial charge in [0.2, 0.25) is 0 Å². The van der Waals surface area contributed by atoms with E-state index in [9.17, 15) is 9.59 Å². The summed E-state index contributed by atoms with van der Waals surface area (Å²) in [7, 11) is 0. The van der Waals surface area contributed by atoms with Crippen LogP contribution < -0.4 is 10.6 Å². The highest BCUT2D eigenvalue weighted by Crippen LogP contribution is 2.44. The molecule has 0 aromatic rings. The Balaban J connectivity index is 1.72.